The zero-order chi connectivity index (χ0) is 17.4. The Labute approximate surface area is 130 Å². The maximum atomic E-state index is 12.9. The predicted molar refractivity (Wildman–Crippen MR) is 75.6 cm³/mol. The van der Waals surface area contributed by atoms with E-state index >= 15 is 0 Å². The molecule has 1 aromatic heterocycles. The summed E-state index contributed by atoms with van der Waals surface area (Å²) in [5.41, 5.74) is -1.60. The number of anilines is 1. The minimum Gasteiger partial charge on any atom is -0.353 e. The van der Waals surface area contributed by atoms with Crippen LogP contribution in [0.3, 0.4) is 0 Å². The maximum Gasteiger partial charge on any atom is 0.437 e. The number of carbonyl (C=O) groups excluding carboxylic acids is 2. The molecule has 2 rings (SSSR count). The number of hydrogen-bond acceptors (Lipinski definition) is 3. The van der Waals surface area contributed by atoms with Crippen LogP contribution in [0.4, 0.5) is 23.7 Å². The monoisotopic (exact) mass is 333 g/mol. The van der Waals surface area contributed by atoms with Gasteiger partial charge in [0.15, 0.2) is 5.69 Å². The first-order valence-corrected chi connectivity index (χ1v) is 7.07. The molecule has 1 atom stereocenters. The highest BCUT2D eigenvalue weighted by Gasteiger charge is 2.39. The normalized spacial score (nSPS) is 19.0. The molecule has 7 nitrogen and oxygen atoms in total. The minimum atomic E-state index is -4.68. The zero-order valence-electron chi connectivity index (χ0n) is 12.9. The molecule has 3 amide bonds. The fourth-order valence-corrected chi connectivity index (χ4v) is 2.55. The van der Waals surface area contributed by atoms with Gasteiger partial charge in [0.1, 0.15) is 6.04 Å². The van der Waals surface area contributed by atoms with Gasteiger partial charge >= 0.3 is 12.2 Å². The van der Waals surface area contributed by atoms with Crippen LogP contribution in [0.5, 0.6) is 0 Å². The number of alkyl halides is 3. The molecule has 0 radical (unpaired) electrons. The van der Waals surface area contributed by atoms with Crippen molar-refractivity contribution in [2.24, 2.45) is 13.0 Å². The molecule has 2 heterocycles. The first-order valence-electron chi connectivity index (χ1n) is 7.07. The molecule has 128 valence electrons. The van der Waals surface area contributed by atoms with Crippen LogP contribution < -0.4 is 10.6 Å². The van der Waals surface area contributed by atoms with Gasteiger partial charge in [-0.25, -0.2) is 4.79 Å². The minimum absolute atomic E-state index is 0.169. The highest BCUT2D eigenvalue weighted by atomic mass is 19.4. The first-order chi connectivity index (χ1) is 10.6. The number of nitrogens with one attached hydrogen (secondary N) is 2. The van der Waals surface area contributed by atoms with Crippen LogP contribution >= 0.6 is 0 Å². The van der Waals surface area contributed by atoms with E-state index in [1.54, 1.807) is 13.8 Å². The van der Waals surface area contributed by atoms with Gasteiger partial charge in [0.05, 0.1) is 5.69 Å². The first kappa shape index (κ1) is 17.1. The molecule has 1 aromatic rings. The van der Waals surface area contributed by atoms with Gasteiger partial charge in [0, 0.05) is 26.3 Å². The van der Waals surface area contributed by atoms with Crippen LogP contribution in [0, 0.1) is 5.92 Å². The molecule has 10 heteroatoms. The third-order valence-corrected chi connectivity index (χ3v) is 3.49. The fourth-order valence-electron chi connectivity index (χ4n) is 2.55. The van der Waals surface area contributed by atoms with Gasteiger partial charge in [0.2, 0.25) is 5.91 Å². The van der Waals surface area contributed by atoms with Crippen LogP contribution in [-0.2, 0) is 18.0 Å². The average molecular weight is 333 g/mol. The van der Waals surface area contributed by atoms with Crippen molar-refractivity contribution in [1.29, 1.82) is 0 Å². The summed E-state index contributed by atoms with van der Waals surface area (Å²) in [7, 11) is 1.33. The van der Waals surface area contributed by atoms with Crippen molar-refractivity contribution < 1.29 is 22.8 Å². The number of aromatic nitrogens is 2. The summed E-state index contributed by atoms with van der Waals surface area (Å²) in [6.07, 6.45) is -3.60. The lowest BCUT2D eigenvalue weighted by Crippen LogP contribution is -2.60. The van der Waals surface area contributed by atoms with Crippen molar-refractivity contribution in [3.63, 3.8) is 0 Å². The number of piperazine rings is 1. The Hall–Kier alpha value is -2.26. The van der Waals surface area contributed by atoms with Crippen LogP contribution in [0.2, 0.25) is 0 Å². The number of nitrogens with zero attached hydrogens (tertiary/aromatic N) is 3. The Kier molecular flexibility index (Phi) is 4.53. The number of rotatable bonds is 2. The summed E-state index contributed by atoms with van der Waals surface area (Å²) >= 11 is 0. The van der Waals surface area contributed by atoms with Crippen molar-refractivity contribution in [3.05, 3.63) is 11.9 Å². The van der Waals surface area contributed by atoms with Crippen LogP contribution in [0.25, 0.3) is 0 Å². The van der Waals surface area contributed by atoms with Crippen molar-refractivity contribution in [1.82, 2.24) is 20.0 Å². The van der Waals surface area contributed by atoms with E-state index in [0.29, 0.717) is 0 Å². The SMILES string of the molecule is CC(C)C1C(=O)NCCN1C(=O)Nc1cn(C)nc1C(F)(F)F. The molecule has 0 bridgehead atoms. The molecule has 0 spiro atoms. The molecule has 2 N–H and O–H groups in total. The van der Waals surface area contributed by atoms with E-state index in [-0.39, 0.29) is 24.9 Å². The fraction of sp³-hybridized carbons (Fsp3) is 0.615. The van der Waals surface area contributed by atoms with Gasteiger partial charge in [-0.3, -0.25) is 9.48 Å². The Morgan fingerprint density at radius 1 is 1.48 bits per heavy atom. The summed E-state index contributed by atoms with van der Waals surface area (Å²) < 4.78 is 39.7. The largest absolute Gasteiger partial charge is 0.437 e. The summed E-state index contributed by atoms with van der Waals surface area (Å²) in [5, 5.41) is 8.19. The van der Waals surface area contributed by atoms with E-state index in [0.717, 1.165) is 10.9 Å². The van der Waals surface area contributed by atoms with E-state index in [1.807, 2.05) is 0 Å². The molecule has 1 aliphatic rings. The number of urea groups is 1. The topological polar surface area (TPSA) is 79.3 Å². The molecule has 0 saturated carbocycles. The second kappa shape index (κ2) is 6.09. The molecule has 23 heavy (non-hydrogen) atoms. The lowest BCUT2D eigenvalue weighted by atomic mass is 10.00. The number of hydrogen-bond donors (Lipinski definition) is 2. The highest BCUT2D eigenvalue weighted by Crippen LogP contribution is 2.33. The van der Waals surface area contributed by atoms with E-state index in [2.05, 4.69) is 15.7 Å². The van der Waals surface area contributed by atoms with Crippen LogP contribution in [0.15, 0.2) is 6.20 Å². The Morgan fingerprint density at radius 3 is 2.70 bits per heavy atom. The zero-order valence-corrected chi connectivity index (χ0v) is 12.9. The Bertz CT molecular complexity index is 611. The van der Waals surface area contributed by atoms with Gasteiger partial charge in [-0.15, -0.1) is 0 Å². The Balaban J connectivity index is 2.23. The van der Waals surface area contributed by atoms with Gasteiger partial charge in [-0.05, 0) is 5.92 Å². The summed E-state index contributed by atoms with van der Waals surface area (Å²) in [6, 6.07) is -1.48. The van der Waals surface area contributed by atoms with Crippen molar-refractivity contribution >= 4 is 17.6 Å². The lowest BCUT2D eigenvalue weighted by Gasteiger charge is -2.37. The maximum absolute atomic E-state index is 12.9. The lowest BCUT2D eigenvalue weighted by molar-refractivity contribution is -0.140. The molecule has 1 unspecified atom stereocenters. The highest BCUT2D eigenvalue weighted by molar-refractivity contribution is 5.95. The van der Waals surface area contributed by atoms with Crippen molar-refractivity contribution in [2.45, 2.75) is 26.1 Å². The number of halogens is 3. The van der Waals surface area contributed by atoms with Gasteiger partial charge in [-0.2, -0.15) is 18.3 Å². The molecule has 0 aromatic carbocycles. The van der Waals surface area contributed by atoms with E-state index in [9.17, 15) is 22.8 Å². The molecule has 1 saturated heterocycles. The van der Waals surface area contributed by atoms with Crippen LogP contribution in [-0.4, -0.2) is 45.8 Å². The number of carbonyl (C=O) groups is 2. The smallest absolute Gasteiger partial charge is 0.353 e. The van der Waals surface area contributed by atoms with E-state index in [4.69, 9.17) is 0 Å². The van der Waals surface area contributed by atoms with Crippen molar-refractivity contribution in [3.8, 4) is 0 Å². The third-order valence-electron chi connectivity index (χ3n) is 3.49. The predicted octanol–water partition coefficient (Wildman–Crippen LogP) is 1.43. The average Bonchev–Trinajstić information content (AvgIpc) is 2.78. The quantitative estimate of drug-likeness (QED) is 0.859. The standard InChI is InChI=1S/C13H18F3N5O2/c1-7(2)9-11(22)17-4-5-21(9)12(23)18-8-6-20(3)19-10(8)13(14,15)16/h6-7,9H,4-5H2,1-3H3,(H,17,22)(H,18,23). The summed E-state index contributed by atoms with van der Waals surface area (Å²) in [4.78, 5) is 25.5. The van der Waals surface area contributed by atoms with Gasteiger partial charge in [-0.1, -0.05) is 13.8 Å². The number of aryl methyl sites for hydroxylation is 1. The third kappa shape index (κ3) is 3.57. The molecular weight excluding hydrogens is 315 g/mol. The summed E-state index contributed by atoms with van der Waals surface area (Å²) in [5.74, 6) is -0.485. The molecular formula is C13H18F3N5O2. The van der Waals surface area contributed by atoms with E-state index in [1.165, 1.54) is 11.9 Å². The van der Waals surface area contributed by atoms with Crippen LogP contribution in [0.1, 0.15) is 19.5 Å². The Morgan fingerprint density at radius 2 is 2.13 bits per heavy atom. The second-order valence-electron chi connectivity index (χ2n) is 5.67. The second-order valence-corrected chi connectivity index (χ2v) is 5.67. The molecule has 1 aliphatic heterocycles. The van der Waals surface area contributed by atoms with E-state index < -0.39 is 29.6 Å². The van der Waals surface area contributed by atoms with Gasteiger partial charge in [0.25, 0.3) is 0 Å². The molecule has 0 aliphatic carbocycles. The molecule has 1 fully saturated rings. The summed E-state index contributed by atoms with van der Waals surface area (Å²) in [6.45, 7) is 4.01. The van der Waals surface area contributed by atoms with Gasteiger partial charge < -0.3 is 15.5 Å². The van der Waals surface area contributed by atoms with Crippen molar-refractivity contribution in [2.75, 3.05) is 18.4 Å². The number of amides is 3.